The summed E-state index contributed by atoms with van der Waals surface area (Å²) in [6, 6.07) is -0.379. The molecule has 1 aromatic carbocycles. The Bertz CT molecular complexity index is 1710. The first-order valence-electron chi connectivity index (χ1n) is 11.5. The van der Waals surface area contributed by atoms with Gasteiger partial charge < -0.3 is 37.5 Å². The Balaban J connectivity index is 1.85. The number of Topliss-reactive ketones (excluding diaryl/α,β-unsaturated/α-hetero) is 2. The topological polar surface area (TPSA) is 297 Å². The third-order valence-electron chi connectivity index (χ3n) is 7.70. The van der Waals surface area contributed by atoms with E-state index < -0.39 is 75.0 Å². The summed E-state index contributed by atoms with van der Waals surface area (Å²) in [6.45, 7) is 0. The molecule has 3 aliphatic carbocycles. The highest BCUT2D eigenvalue weighted by molar-refractivity contribution is 6.26. The molecular weight excluding hydrogens is 528 g/mol. The van der Waals surface area contributed by atoms with Crippen molar-refractivity contribution in [3.05, 3.63) is 57.2 Å². The summed E-state index contributed by atoms with van der Waals surface area (Å²) < 4.78 is 0. The second-order valence-corrected chi connectivity index (χ2v) is 9.81. The average Bonchev–Trinajstić information content (AvgIpc) is 2.89. The fourth-order valence-corrected chi connectivity index (χ4v) is 6.14. The standard InChI is InChI=1S/C23H20N10O7/c1-33(7-24)17-16(35)11(20(38)30-32-27)18(36)23(39)19(37)12-15(34)10-8(5-21(12,25)6-22(17,23)26)4-9-13(14(10)31-40)29-3-2-28-9/h2-4,17,35,37,39H,5-6,25-26H2,1H3,(H2,27,30,38)/t17-,21-,22-,23-/m1/s1. The highest BCUT2D eigenvalue weighted by atomic mass is 16.4. The van der Waals surface area contributed by atoms with Gasteiger partial charge in [0.15, 0.2) is 12.0 Å². The van der Waals surface area contributed by atoms with E-state index in [9.17, 15) is 39.9 Å². The Hall–Kier alpha value is -5.18. The zero-order valence-corrected chi connectivity index (χ0v) is 20.6. The van der Waals surface area contributed by atoms with Crippen LogP contribution in [0.15, 0.2) is 56.6 Å². The lowest BCUT2D eigenvalue weighted by Crippen LogP contribution is -2.81. The number of benzene rings is 1. The van der Waals surface area contributed by atoms with Gasteiger partial charge in [-0.1, -0.05) is 10.3 Å². The minimum Gasteiger partial charge on any atom is -0.509 e. The van der Waals surface area contributed by atoms with Crippen molar-refractivity contribution in [2.45, 2.75) is 35.6 Å². The summed E-state index contributed by atoms with van der Waals surface area (Å²) in [5.74, 6) is -1.71. The van der Waals surface area contributed by atoms with Gasteiger partial charge in [0, 0.05) is 19.4 Å². The zero-order chi connectivity index (χ0) is 29.4. The number of nitrogens with zero attached hydrogens (tertiary/aromatic N) is 7. The van der Waals surface area contributed by atoms with E-state index in [1.165, 1.54) is 18.5 Å². The molecular formula is C23H20N10O7. The quantitative estimate of drug-likeness (QED) is 0.0517. The number of fused-ring (bicyclic) bond motifs is 4. The Morgan fingerprint density at radius 1 is 1.25 bits per heavy atom. The second-order valence-electron chi connectivity index (χ2n) is 9.81. The van der Waals surface area contributed by atoms with Gasteiger partial charge in [0.2, 0.25) is 11.4 Å². The predicted octanol–water partition coefficient (Wildman–Crippen LogP) is -0.863. The van der Waals surface area contributed by atoms with Crippen molar-refractivity contribution in [2.24, 2.45) is 32.8 Å². The molecule has 5 rings (SSSR count). The van der Waals surface area contributed by atoms with Crippen LogP contribution in [0, 0.1) is 16.4 Å². The molecule has 1 aromatic heterocycles. The van der Waals surface area contributed by atoms with Gasteiger partial charge in [0.05, 0.1) is 27.7 Å². The number of likely N-dealkylation sites (N-methyl/N-ethyl adjacent to an activating group) is 1. The highest BCUT2D eigenvalue weighted by Gasteiger charge is 2.73. The minimum absolute atomic E-state index is 0.0192. The Morgan fingerprint density at radius 2 is 1.93 bits per heavy atom. The highest BCUT2D eigenvalue weighted by Crippen LogP contribution is 2.54. The number of hydrogen-bond donors (Lipinski definition) is 6. The summed E-state index contributed by atoms with van der Waals surface area (Å²) in [7, 11) is 1.13. The van der Waals surface area contributed by atoms with E-state index in [0.717, 1.165) is 11.9 Å². The third-order valence-corrected chi connectivity index (χ3v) is 7.70. The van der Waals surface area contributed by atoms with E-state index in [-0.39, 0.29) is 28.6 Å². The first-order chi connectivity index (χ1) is 18.8. The molecule has 17 nitrogen and oxygen atoms in total. The average molecular weight is 548 g/mol. The summed E-state index contributed by atoms with van der Waals surface area (Å²) in [6.07, 6.45) is 3.34. The van der Waals surface area contributed by atoms with Gasteiger partial charge in [-0.25, -0.2) is 0 Å². The number of nitriles is 1. The van der Waals surface area contributed by atoms with E-state index in [0.29, 0.717) is 0 Å². The summed E-state index contributed by atoms with van der Waals surface area (Å²) >= 11 is 0. The molecule has 9 N–H and O–H groups in total. The maximum Gasteiger partial charge on any atom is 0.304 e. The van der Waals surface area contributed by atoms with Gasteiger partial charge >= 0.3 is 5.91 Å². The van der Waals surface area contributed by atoms with Crippen LogP contribution in [-0.2, 0) is 16.0 Å². The van der Waals surface area contributed by atoms with Crippen molar-refractivity contribution in [3.63, 3.8) is 0 Å². The van der Waals surface area contributed by atoms with Gasteiger partial charge in [-0.05, 0) is 29.6 Å². The Morgan fingerprint density at radius 3 is 2.55 bits per heavy atom. The van der Waals surface area contributed by atoms with E-state index in [4.69, 9.17) is 17.3 Å². The lowest BCUT2D eigenvalue weighted by atomic mass is 9.52. The Labute approximate surface area is 223 Å². The zero-order valence-electron chi connectivity index (χ0n) is 20.6. The van der Waals surface area contributed by atoms with E-state index >= 15 is 0 Å². The number of nitrogens with two attached hydrogens (primary N) is 3. The molecule has 0 saturated heterocycles. The fourth-order valence-electron chi connectivity index (χ4n) is 6.14. The summed E-state index contributed by atoms with van der Waals surface area (Å²) in [5.41, 5.74) is 3.41. The normalized spacial score (nSPS) is 29.6. The van der Waals surface area contributed by atoms with Crippen LogP contribution in [0.3, 0.4) is 0 Å². The van der Waals surface area contributed by atoms with E-state index in [1.807, 2.05) is 0 Å². The van der Waals surface area contributed by atoms with Gasteiger partial charge in [0.1, 0.15) is 34.3 Å². The van der Waals surface area contributed by atoms with Crippen LogP contribution in [0.4, 0.5) is 5.69 Å². The van der Waals surface area contributed by atoms with E-state index in [2.05, 4.69) is 25.5 Å². The van der Waals surface area contributed by atoms with Crippen molar-refractivity contribution < 1.29 is 29.7 Å². The number of carbonyl (C=O) groups is 3. The molecule has 17 heteroatoms. The number of nitroso groups, excluding NO2 is 1. The SMILES string of the molecule is CN(C#N)[C@@H]1C(O)=C(C(=O)N=NN)C(=O)[C@@]2(O)C(O)=C3C(=O)c4c(cc5nccnc5c4N=O)C[C@@]3(N)C[C@@]12N. The van der Waals surface area contributed by atoms with E-state index in [1.54, 1.807) is 6.19 Å². The summed E-state index contributed by atoms with van der Waals surface area (Å²) in [5, 5.41) is 52.8. The molecule has 1 heterocycles. The number of aromatic nitrogens is 2. The molecule has 0 aliphatic heterocycles. The molecule has 0 radical (unpaired) electrons. The molecule has 3 aliphatic rings. The number of hydrogen-bond acceptors (Lipinski definition) is 15. The van der Waals surface area contributed by atoms with Gasteiger partial charge in [-0.15, -0.1) is 4.91 Å². The van der Waals surface area contributed by atoms with Crippen LogP contribution >= 0.6 is 0 Å². The lowest BCUT2D eigenvalue weighted by Gasteiger charge is -2.58. The summed E-state index contributed by atoms with van der Waals surface area (Å²) in [4.78, 5) is 61.0. The van der Waals surface area contributed by atoms with Crippen molar-refractivity contribution in [1.29, 1.82) is 5.26 Å². The molecule has 0 bridgehead atoms. The number of rotatable bonds is 3. The van der Waals surface area contributed by atoms with Gasteiger partial charge in [-0.2, -0.15) is 5.26 Å². The number of ketones is 2. The van der Waals surface area contributed by atoms with Crippen LogP contribution in [0.5, 0.6) is 0 Å². The predicted molar refractivity (Wildman–Crippen MR) is 132 cm³/mol. The fraction of sp³-hybridized carbons (Fsp3) is 0.304. The molecule has 1 amide bonds. The molecule has 0 saturated carbocycles. The lowest BCUT2D eigenvalue weighted by molar-refractivity contribution is -0.151. The number of amides is 1. The van der Waals surface area contributed by atoms with Crippen LogP contribution < -0.4 is 17.3 Å². The smallest absolute Gasteiger partial charge is 0.304 e. The number of aliphatic hydroxyl groups is 3. The van der Waals surface area contributed by atoms with Crippen LogP contribution in [-0.4, -0.2) is 77.4 Å². The maximum absolute atomic E-state index is 13.9. The second kappa shape index (κ2) is 8.41. The molecule has 0 fully saturated rings. The first-order valence-corrected chi connectivity index (χ1v) is 11.5. The maximum atomic E-state index is 13.9. The molecule has 204 valence electrons. The van der Waals surface area contributed by atoms with Gasteiger partial charge in [-0.3, -0.25) is 24.4 Å². The third kappa shape index (κ3) is 3.02. The molecule has 40 heavy (non-hydrogen) atoms. The molecule has 0 spiro atoms. The van der Waals surface area contributed by atoms with Gasteiger partial charge in [0.25, 0.3) is 0 Å². The Kier molecular flexibility index (Phi) is 5.56. The molecule has 0 unspecified atom stereocenters. The minimum atomic E-state index is -3.29. The van der Waals surface area contributed by atoms with Crippen molar-refractivity contribution >= 4 is 34.2 Å². The van der Waals surface area contributed by atoms with Crippen LogP contribution in [0.2, 0.25) is 0 Å². The van der Waals surface area contributed by atoms with Crippen LogP contribution in [0.25, 0.3) is 11.0 Å². The van der Waals surface area contributed by atoms with Crippen molar-refractivity contribution in [1.82, 2.24) is 14.9 Å². The first kappa shape index (κ1) is 26.4. The molecule has 2 aromatic rings. The number of carbonyl (C=O) groups excluding carboxylic acids is 3. The van der Waals surface area contributed by atoms with Crippen LogP contribution in [0.1, 0.15) is 22.3 Å². The van der Waals surface area contributed by atoms with Crippen molar-refractivity contribution in [3.8, 4) is 6.19 Å². The monoisotopic (exact) mass is 548 g/mol. The largest absolute Gasteiger partial charge is 0.509 e. The molecule has 4 atom stereocenters. The number of aliphatic hydroxyl groups excluding tert-OH is 2. The van der Waals surface area contributed by atoms with Crippen molar-refractivity contribution in [2.75, 3.05) is 7.05 Å².